The van der Waals surface area contributed by atoms with Crippen molar-refractivity contribution in [1.29, 1.82) is 0 Å². The van der Waals surface area contributed by atoms with Crippen molar-refractivity contribution in [1.82, 2.24) is 0 Å². The molecule has 0 fully saturated rings. The Morgan fingerprint density at radius 2 is 1.76 bits per heavy atom. The Kier molecular flexibility index (Phi) is 5.85. The molecule has 110 valence electrons. The van der Waals surface area contributed by atoms with E-state index in [4.69, 9.17) is 5.11 Å². The van der Waals surface area contributed by atoms with Crippen molar-refractivity contribution < 1.29 is 13.9 Å². The highest BCUT2D eigenvalue weighted by Crippen LogP contribution is 2.26. The second-order valence-electron chi connectivity index (χ2n) is 4.62. The van der Waals surface area contributed by atoms with Gasteiger partial charge in [-0.2, -0.15) is 0 Å². The summed E-state index contributed by atoms with van der Waals surface area (Å²) in [4.78, 5) is 0. The maximum Gasteiger partial charge on any atom is 0.164 e. The summed E-state index contributed by atoms with van der Waals surface area (Å²) in [6.45, 7) is 13.9. The van der Waals surface area contributed by atoms with Crippen molar-refractivity contribution >= 4 is 0 Å². The Bertz CT molecular complexity index is 613. The molecule has 1 rings (SSSR count). The smallest absolute Gasteiger partial charge is 0.164 e. The predicted molar refractivity (Wildman–Crippen MR) is 84.0 cm³/mol. The van der Waals surface area contributed by atoms with Gasteiger partial charge in [0.2, 0.25) is 0 Å². The number of allylic oxidation sites excluding steroid dienone is 11. The van der Waals surface area contributed by atoms with Gasteiger partial charge in [0.25, 0.3) is 0 Å². The molecule has 0 heterocycles. The van der Waals surface area contributed by atoms with E-state index in [0.717, 1.165) is 24.5 Å². The lowest BCUT2D eigenvalue weighted by Crippen LogP contribution is -1.92. The molecular formula is C18H18F2O. The van der Waals surface area contributed by atoms with Crippen LogP contribution in [0.2, 0.25) is 0 Å². The minimum Gasteiger partial charge on any atom is -0.506 e. The summed E-state index contributed by atoms with van der Waals surface area (Å²) in [6, 6.07) is 0. The predicted octanol–water partition coefficient (Wildman–Crippen LogP) is 5.71. The molecule has 1 aliphatic rings. The molecule has 3 heteroatoms. The SMILES string of the molecule is C=C(/C=C(/F)C(=C)O)C(=C)/C(F)=C\C(=C)C1=CC=CCC1. The van der Waals surface area contributed by atoms with Crippen LogP contribution in [0.1, 0.15) is 12.8 Å². The van der Waals surface area contributed by atoms with Gasteiger partial charge in [-0.15, -0.1) is 0 Å². The molecule has 0 unspecified atom stereocenters. The lowest BCUT2D eigenvalue weighted by molar-refractivity contribution is 0.392. The van der Waals surface area contributed by atoms with Crippen LogP contribution in [0, 0.1) is 0 Å². The Balaban J connectivity index is 2.84. The zero-order valence-corrected chi connectivity index (χ0v) is 11.8. The third-order valence-electron chi connectivity index (χ3n) is 2.98. The highest BCUT2D eigenvalue weighted by atomic mass is 19.1. The molecular weight excluding hydrogens is 270 g/mol. The average molecular weight is 288 g/mol. The number of aliphatic hydroxyl groups is 1. The lowest BCUT2D eigenvalue weighted by atomic mass is 9.97. The Hall–Kier alpha value is -2.42. The number of hydrogen-bond donors (Lipinski definition) is 1. The standard InChI is InChI=1S/C18H18F2O/c1-12(10-18(20)15(4)21)14(3)17(19)11-13(2)16-8-6-5-7-9-16/h5-6,8,10-11,21H,1-4,7,9H2/b17-11+,18-10+. The highest BCUT2D eigenvalue weighted by Gasteiger charge is 2.09. The minimum absolute atomic E-state index is 0.0155. The summed E-state index contributed by atoms with van der Waals surface area (Å²) in [5, 5.41) is 8.86. The fourth-order valence-electron chi connectivity index (χ4n) is 1.68. The summed E-state index contributed by atoms with van der Waals surface area (Å²) >= 11 is 0. The topological polar surface area (TPSA) is 20.2 Å². The molecule has 0 bridgehead atoms. The molecule has 0 saturated heterocycles. The van der Waals surface area contributed by atoms with Crippen molar-refractivity contribution in [3.05, 3.63) is 96.4 Å². The fraction of sp³-hybridized carbons (Fsp3) is 0.111. The van der Waals surface area contributed by atoms with Crippen molar-refractivity contribution in [3.63, 3.8) is 0 Å². The Morgan fingerprint density at radius 1 is 1.10 bits per heavy atom. The van der Waals surface area contributed by atoms with Crippen LogP contribution in [0.4, 0.5) is 8.78 Å². The third kappa shape index (κ3) is 4.88. The van der Waals surface area contributed by atoms with Crippen molar-refractivity contribution in [2.24, 2.45) is 0 Å². The first-order valence-corrected chi connectivity index (χ1v) is 6.39. The molecule has 0 aromatic carbocycles. The molecule has 1 nitrogen and oxygen atoms in total. The van der Waals surface area contributed by atoms with Crippen molar-refractivity contribution in [2.45, 2.75) is 12.8 Å². The number of halogens is 2. The second kappa shape index (κ2) is 7.39. The van der Waals surface area contributed by atoms with E-state index in [-0.39, 0.29) is 11.1 Å². The summed E-state index contributed by atoms with van der Waals surface area (Å²) in [6.07, 6.45) is 9.61. The van der Waals surface area contributed by atoms with E-state index in [2.05, 4.69) is 26.3 Å². The summed E-state index contributed by atoms with van der Waals surface area (Å²) in [5.41, 5.74) is 1.43. The van der Waals surface area contributed by atoms with Crippen LogP contribution < -0.4 is 0 Å². The van der Waals surface area contributed by atoms with Crippen LogP contribution >= 0.6 is 0 Å². The summed E-state index contributed by atoms with van der Waals surface area (Å²) in [5.74, 6) is -2.36. The van der Waals surface area contributed by atoms with Gasteiger partial charge >= 0.3 is 0 Å². The van der Waals surface area contributed by atoms with E-state index < -0.39 is 17.4 Å². The van der Waals surface area contributed by atoms with Crippen LogP contribution in [0.15, 0.2) is 96.4 Å². The molecule has 0 aliphatic heterocycles. The molecule has 0 saturated carbocycles. The van der Waals surface area contributed by atoms with E-state index in [9.17, 15) is 8.78 Å². The van der Waals surface area contributed by atoms with E-state index >= 15 is 0 Å². The molecule has 0 spiro atoms. The molecule has 21 heavy (non-hydrogen) atoms. The van der Waals surface area contributed by atoms with Gasteiger partial charge in [0.15, 0.2) is 5.83 Å². The van der Waals surface area contributed by atoms with Gasteiger partial charge < -0.3 is 5.11 Å². The fourth-order valence-corrected chi connectivity index (χ4v) is 1.68. The first kappa shape index (κ1) is 16.6. The molecule has 1 aliphatic carbocycles. The average Bonchev–Trinajstić information content (AvgIpc) is 2.46. The van der Waals surface area contributed by atoms with Crippen LogP contribution in [0.3, 0.4) is 0 Å². The molecule has 0 aromatic rings. The largest absolute Gasteiger partial charge is 0.506 e. The lowest BCUT2D eigenvalue weighted by Gasteiger charge is -2.10. The van der Waals surface area contributed by atoms with E-state index in [1.54, 1.807) is 0 Å². The third-order valence-corrected chi connectivity index (χ3v) is 2.98. The summed E-state index contributed by atoms with van der Waals surface area (Å²) < 4.78 is 27.2. The Morgan fingerprint density at radius 3 is 2.29 bits per heavy atom. The van der Waals surface area contributed by atoms with Gasteiger partial charge in [0.05, 0.1) is 0 Å². The van der Waals surface area contributed by atoms with Gasteiger partial charge in [-0.3, -0.25) is 0 Å². The monoisotopic (exact) mass is 288 g/mol. The van der Waals surface area contributed by atoms with E-state index in [1.807, 2.05) is 18.2 Å². The number of hydrogen-bond acceptors (Lipinski definition) is 1. The molecule has 0 amide bonds. The zero-order valence-electron chi connectivity index (χ0n) is 11.8. The molecule has 0 atom stereocenters. The van der Waals surface area contributed by atoms with Crippen LogP contribution in [0.25, 0.3) is 0 Å². The maximum absolute atomic E-state index is 14.1. The van der Waals surface area contributed by atoms with Gasteiger partial charge in [-0.05, 0) is 41.7 Å². The van der Waals surface area contributed by atoms with Gasteiger partial charge in [-0.1, -0.05) is 44.5 Å². The normalized spacial score (nSPS) is 15.4. The molecule has 0 radical (unpaired) electrons. The van der Waals surface area contributed by atoms with Crippen LogP contribution in [0.5, 0.6) is 0 Å². The quantitative estimate of drug-likeness (QED) is 0.490. The minimum atomic E-state index is -0.979. The number of aliphatic hydroxyl groups excluding tert-OH is 1. The first-order valence-electron chi connectivity index (χ1n) is 6.39. The van der Waals surface area contributed by atoms with E-state index in [1.165, 1.54) is 6.08 Å². The molecule has 1 N–H and O–H groups in total. The van der Waals surface area contributed by atoms with Crippen molar-refractivity contribution in [2.75, 3.05) is 0 Å². The van der Waals surface area contributed by atoms with Crippen molar-refractivity contribution in [3.8, 4) is 0 Å². The summed E-state index contributed by atoms with van der Waals surface area (Å²) in [7, 11) is 0. The van der Waals surface area contributed by atoms with Gasteiger partial charge in [0.1, 0.15) is 11.6 Å². The van der Waals surface area contributed by atoms with Gasteiger partial charge in [-0.25, -0.2) is 8.78 Å². The first-order chi connectivity index (χ1) is 9.82. The maximum atomic E-state index is 14.1. The zero-order chi connectivity index (χ0) is 16.0. The van der Waals surface area contributed by atoms with Crippen LogP contribution in [-0.2, 0) is 0 Å². The van der Waals surface area contributed by atoms with Gasteiger partial charge in [0, 0.05) is 5.57 Å². The molecule has 0 aromatic heterocycles. The Labute approximate surface area is 124 Å². The second-order valence-corrected chi connectivity index (χ2v) is 4.62. The van der Waals surface area contributed by atoms with E-state index in [0.29, 0.717) is 5.57 Å². The number of rotatable bonds is 6. The van der Waals surface area contributed by atoms with Crippen LogP contribution in [-0.4, -0.2) is 5.11 Å². The highest BCUT2D eigenvalue weighted by molar-refractivity contribution is 5.52.